The Hall–Kier alpha value is -4.74. The summed E-state index contributed by atoms with van der Waals surface area (Å²) < 4.78 is 102. The highest BCUT2D eigenvalue weighted by Crippen LogP contribution is 2.41. The molecule has 28 N–H and O–H groups in total. The van der Waals surface area contributed by atoms with E-state index in [-0.39, 0.29) is 0 Å². The van der Waals surface area contributed by atoms with E-state index < -0.39 is 364 Å². The molecule has 0 aromatic heterocycles. The first kappa shape index (κ1) is 96.1. The quantitative estimate of drug-likeness (QED) is 0.0318. The van der Waals surface area contributed by atoms with Gasteiger partial charge in [0, 0.05) is 41.5 Å². The van der Waals surface area contributed by atoms with Gasteiger partial charge in [-0.05, 0) is 6.92 Å². The lowest BCUT2D eigenvalue weighted by molar-refractivity contribution is -0.403. The number of aliphatic hydroxyl groups excluding tert-OH is 22. The van der Waals surface area contributed by atoms with Crippen molar-refractivity contribution in [3.63, 3.8) is 0 Å². The summed E-state index contributed by atoms with van der Waals surface area (Å²) in [5.41, 5.74) is 0. The highest BCUT2D eigenvalue weighted by atomic mass is 16.8. The molecule has 9 aliphatic heterocycles. The summed E-state index contributed by atoms with van der Waals surface area (Å²) in [6.07, 6.45) is -78.5. The second-order valence-corrected chi connectivity index (χ2v) is 29.6. The zero-order chi connectivity index (χ0) is 86.4. The predicted octanol–water partition coefficient (Wildman–Crippen LogP) is -18.7. The molecule has 9 saturated heterocycles. The molecule has 0 aliphatic carbocycles. The van der Waals surface area contributed by atoms with Gasteiger partial charge in [0.05, 0.1) is 59.0 Å². The van der Waals surface area contributed by atoms with Crippen LogP contribution in [-0.2, 0) is 109 Å². The Morgan fingerprint density at radius 1 is 0.239 bits per heavy atom. The SMILES string of the molecule is CC(=O)N[C@@H]1[C@H](O[C@H]2[C@H](O)[C@@H](NC(C)=O)[C@H](O[C@@H]3[C@@H](O[C@@H]4[C@H](O)[C@H](O[C@H]5[C@H](O)[C@@H](NC(C)=O)[C@H](O[C@H]6[C@H](O)[C@@H](NC(C)=O)C(O)O[C@@H]6CO[C@@H]6O[C@@H](C)[C@@H](O)[C@@H](O)[C@@H]6O)O[C@@H]5CO)O[C@H](CO)[C@H]4O)O[C@H](CO)[C@@H](O[C@@H]4O[C@H](CO)[C@@H](O[C@@H]5O[C@H](CO)[C@H](O)[C@H](O)[C@H]5NC(C)=O)[C@H](O)[C@H]4NC(C)=O)[C@@H]3O)O[C@@H]2CO)O[C@H](CO)[C@H](O)[C@@H]1O. The van der Waals surface area contributed by atoms with Crippen molar-refractivity contribution in [2.75, 3.05) is 52.9 Å². The van der Waals surface area contributed by atoms with Crippen LogP contribution >= 0.6 is 0 Å². The molecule has 1 unspecified atom stereocenters. The van der Waals surface area contributed by atoms with Crippen molar-refractivity contribution in [1.82, 2.24) is 31.9 Å². The molecule has 674 valence electrons. The van der Waals surface area contributed by atoms with Gasteiger partial charge in [0.2, 0.25) is 35.4 Å². The third-order valence-electron chi connectivity index (χ3n) is 21.1. The Balaban J connectivity index is 1.04. The van der Waals surface area contributed by atoms with E-state index in [0.717, 1.165) is 41.5 Å². The average Bonchev–Trinajstić information content (AvgIpc) is 0.758. The van der Waals surface area contributed by atoms with Gasteiger partial charge in [0.15, 0.2) is 56.6 Å². The van der Waals surface area contributed by atoms with Crippen LogP contribution in [0.3, 0.4) is 0 Å². The number of amides is 6. The summed E-state index contributed by atoms with van der Waals surface area (Å²) >= 11 is 0. The van der Waals surface area contributed by atoms with Gasteiger partial charge in [-0.3, -0.25) is 28.8 Å². The largest absolute Gasteiger partial charge is 0.394 e. The van der Waals surface area contributed by atoms with Crippen LogP contribution in [0, 0.1) is 0 Å². The van der Waals surface area contributed by atoms with Crippen molar-refractivity contribution in [1.29, 1.82) is 0 Å². The molecule has 0 saturated carbocycles. The average molecular weight is 1710 g/mol. The maximum atomic E-state index is 13.3. The molecule has 51 nitrogen and oxygen atoms in total. The number of nitrogens with one attached hydrogen (secondary N) is 6. The fourth-order valence-corrected chi connectivity index (χ4v) is 15.2. The molecule has 6 amide bonds. The number of hydrogen-bond donors (Lipinski definition) is 28. The van der Waals surface area contributed by atoms with E-state index in [0.29, 0.717) is 0 Å². The Bertz CT molecular complexity index is 3210. The van der Waals surface area contributed by atoms with Gasteiger partial charge >= 0.3 is 0 Å². The Morgan fingerprint density at radius 3 is 0.872 bits per heavy atom. The Kier molecular flexibility index (Phi) is 34.6. The number of rotatable bonds is 30. The molecule has 9 rings (SSSR count). The van der Waals surface area contributed by atoms with E-state index in [4.69, 9.17) is 80.5 Å². The maximum Gasteiger partial charge on any atom is 0.217 e. The number of hydrogen-bond acceptors (Lipinski definition) is 45. The van der Waals surface area contributed by atoms with Crippen molar-refractivity contribution in [2.45, 2.75) is 324 Å². The minimum Gasteiger partial charge on any atom is -0.394 e. The lowest BCUT2D eigenvalue weighted by atomic mass is 9.93. The minimum absolute atomic E-state index is 0.807. The van der Waals surface area contributed by atoms with Crippen LogP contribution in [0.4, 0.5) is 0 Å². The molecule has 51 heteroatoms. The fourth-order valence-electron chi connectivity index (χ4n) is 15.2. The molecule has 117 heavy (non-hydrogen) atoms. The lowest BCUT2D eigenvalue weighted by Crippen LogP contribution is -2.72. The fraction of sp³-hybridized carbons (Fsp3) is 0.909. The summed E-state index contributed by atoms with van der Waals surface area (Å²) in [5, 5.41) is 262. The van der Waals surface area contributed by atoms with Gasteiger partial charge in [-0.15, -0.1) is 0 Å². The Labute approximate surface area is 664 Å². The van der Waals surface area contributed by atoms with E-state index >= 15 is 0 Å². The topological polar surface area (TPSA) is 777 Å². The maximum absolute atomic E-state index is 13.3. The first-order chi connectivity index (χ1) is 55.3. The van der Waals surface area contributed by atoms with Gasteiger partial charge in [0.25, 0.3) is 0 Å². The number of carbonyl (C=O) groups is 6. The molecule has 9 fully saturated rings. The van der Waals surface area contributed by atoms with Crippen LogP contribution < -0.4 is 31.9 Å². The van der Waals surface area contributed by atoms with Gasteiger partial charge in [-0.2, -0.15) is 0 Å². The van der Waals surface area contributed by atoms with Crippen LogP contribution in [0.15, 0.2) is 0 Å². The third kappa shape index (κ3) is 21.9. The molecule has 9 heterocycles. The van der Waals surface area contributed by atoms with Crippen molar-refractivity contribution < 1.29 is 222 Å². The van der Waals surface area contributed by atoms with E-state index in [2.05, 4.69) is 31.9 Å². The van der Waals surface area contributed by atoms with Crippen molar-refractivity contribution in [3.8, 4) is 0 Å². The van der Waals surface area contributed by atoms with Crippen LogP contribution in [-0.4, -0.2) is 477 Å². The molecule has 0 spiro atoms. The molecular formula is C66H110N6O45. The molecule has 9 aliphatic rings. The molecule has 0 aromatic rings. The smallest absolute Gasteiger partial charge is 0.217 e. The lowest BCUT2D eigenvalue weighted by Gasteiger charge is -2.52. The van der Waals surface area contributed by atoms with E-state index in [1.165, 1.54) is 6.92 Å². The van der Waals surface area contributed by atoms with Crippen molar-refractivity contribution >= 4 is 35.4 Å². The number of ether oxygens (including phenoxy) is 17. The second kappa shape index (κ2) is 42.1. The zero-order valence-electron chi connectivity index (χ0n) is 63.9. The second-order valence-electron chi connectivity index (χ2n) is 29.6. The highest BCUT2D eigenvalue weighted by molar-refractivity contribution is 5.75. The standard InChI is InChI=1S/C66H110N6O45/c1-16-37(86)47(96)48(97)64(102-16)101-15-30-55(43(92)31(58(100)103-30)67-17(2)80)114-62-35(71-21(6)84)46(95)53(28(13-78)108-62)115-65-50(99)56(40(89)25(10-75)106-65)116-66-57(117-63-36(72-22(7)85)45(94)52(27(12-77)109-63)112-60-33(69-19(4)82)42(91)39(88)24(9-74)105-60)49(98)54(29(14-79)110-66)113-61-34(70-20(5)83)44(93)51(26(11-76)107-61)111-59-32(68-18(3)81)41(90)38(87)23(8-73)104-59/h16,23-66,73-79,86-100H,8-15H2,1-7H3,(H,67,80)(H,68,81)(H,69,82)(H,70,83)(H,71,84)(H,72,85)/t16-,23+,24+,25+,26+,27+,28+,29+,30+,31+,32+,33-,34+,35+,36+,37+,38-,39-,40+,41+,42+,43+,44+,45+,46+,47+,48-,49-,50-,51+,52+,53+,54+,55+,56-,57-,58?,59-,60-,61-,62-,63-,64+,65-,66+/m0/s1. The van der Waals surface area contributed by atoms with E-state index in [9.17, 15) is 141 Å². The summed E-state index contributed by atoms with van der Waals surface area (Å²) in [6.45, 7) is -1.56. The third-order valence-corrected chi connectivity index (χ3v) is 21.1. The predicted molar refractivity (Wildman–Crippen MR) is 365 cm³/mol. The number of aliphatic hydroxyl groups is 22. The van der Waals surface area contributed by atoms with Crippen LogP contribution in [0.25, 0.3) is 0 Å². The van der Waals surface area contributed by atoms with E-state index in [1.807, 2.05) is 0 Å². The molecular weight excluding hydrogens is 1600 g/mol. The Morgan fingerprint density at radius 2 is 0.513 bits per heavy atom. The molecule has 0 bridgehead atoms. The number of carbonyl (C=O) groups excluding carboxylic acids is 6. The summed E-state index contributed by atoms with van der Waals surface area (Å²) in [5.74, 6) is -5.33. The van der Waals surface area contributed by atoms with Gasteiger partial charge in [-0.25, -0.2) is 0 Å². The van der Waals surface area contributed by atoms with Crippen molar-refractivity contribution in [2.24, 2.45) is 0 Å². The zero-order valence-corrected chi connectivity index (χ0v) is 63.9. The molecule has 0 aromatic carbocycles. The molecule has 0 radical (unpaired) electrons. The van der Waals surface area contributed by atoms with Gasteiger partial charge in [-0.1, -0.05) is 0 Å². The van der Waals surface area contributed by atoms with E-state index in [1.54, 1.807) is 0 Å². The first-order valence-corrected chi connectivity index (χ1v) is 37.5. The van der Waals surface area contributed by atoms with Gasteiger partial charge in [0.1, 0.15) is 213 Å². The van der Waals surface area contributed by atoms with Gasteiger partial charge < -0.3 is 225 Å². The van der Waals surface area contributed by atoms with Crippen molar-refractivity contribution in [3.05, 3.63) is 0 Å². The van der Waals surface area contributed by atoms with Crippen LogP contribution in [0.2, 0.25) is 0 Å². The minimum atomic E-state index is -2.54. The summed E-state index contributed by atoms with van der Waals surface area (Å²) in [4.78, 5) is 76.7. The normalized spacial score (nSPS) is 47.2. The summed E-state index contributed by atoms with van der Waals surface area (Å²) in [7, 11) is 0. The van der Waals surface area contributed by atoms with Crippen LogP contribution in [0.1, 0.15) is 48.5 Å². The molecule has 45 atom stereocenters. The highest BCUT2D eigenvalue weighted by Gasteiger charge is 2.62. The monoisotopic (exact) mass is 1710 g/mol. The summed E-state index contributed by atoms with van der Waals surface area (Å²) in [6, 6.07) is -11.0. The first-order valence-electron chi connectivity index (χ1n) is 37.5. The van der Waals surface area contributed by atoms with Crippen LogP contribution in [0.5, 0.6) is 0 Å².